The van der Waals surface area contributed by atoms with Crippen LogP contribution in [0.25, 0.3) is 16.7 Å². The normalized spacial score (nSPS) is 11.0. The first-order valence-corrected chi connectivity index (χ1v) is 10.6. The lowest BCUT2D eigenvalue weighted by Gasteiger charge is -2.21. The minimum absolute atomic E-state index is 0.662. The van der Waals surface area contributed by atoms with E-state index in [-0.39, 0.29) is 0 Å². The number of fused-ring (bicyclic) bond motifs is 3. The van der Waals surface area contributed by atoms with E-state index in [2.05, 4.69) is 71.8 Å². The van der Waals surface area contributed by atoms with Crippen molar-refractivity contribution in [2.75, 3.05) is 23.3 Å². The third-order valence-electron chi connectivity index (χ3n) is 5.56. The van der Waals surface area contributed by atoms with Crippen LogP contribution in [-0.4, -0.2) is 22.5 Å². The molecule has 1 N–H and O–H groups in total. The quantitative estimate of drug-likeness (QED) is 0.422. The number of benzene rings is 2. The SMILES string of the molecule is CCCc1cc(Nc2ccc(N(CC)CC)cc2)n2c(nc3ccccc32)c1C#N. The van der Waals surface area contributed by atoms with Gasteiger partial charge >= 0.3 is 0 Å². The number of hydrogen-bond acceptors (Lipinski definition) is 4. The highest BCUT2D eigenvalue weighted by Gasteiger charge is 2.16. The summed E-state index contributed by atoms with van der Waals surface area (Å²) in [5.74, 6) is 0.928. The van der Waals surface area contributed by atoms with Crippen molar-refractivity contribution in [2.45, 2.75) is 33.6 Å². The predicted octanol–water partition coefficient (Wildman–Crippen LogP) is 5.90. The first-order valence-electron chi connectivity index (χ1n) is 10.6. The first kappa shape index (κ1) is 19.8. The van der Waals surface area contributed by atoms with Crippen LogP contribution in [0, 0.1) is 11.3 Å². The summed E-state index contributed by atoms with van der Waals surface area (Å²) in [4.78, 5) is 7.11. The Kier molecular flexibility index (Phi) is 5.58. The molecule has 0 amide bonds. The Labute approximate surface area is 177 Å². The van der Waals surface area contributed by atoms with Crippen molar-refractivity contribution in [3.63, 3.8) is 0 Å². The molecular formula is C25H27N5. The molecule has 0 spiro atoms. The second-order valence-corrected chi connectivity index (χ2v) is 7.40. The van der Waals surface area contributed by atoms with Crippen molar-refractivity contribution in [3.05, 3.63) is 65.7 Å². The van der Waals surface area contributed by atoms with Crippen LogP contribution in [0.1, 0.15) is 38.3 Å². The first-order chi connectivity index (χ1) is 14.7. The number of hydrogen-bond donors (Lipinski definition) is 1. The molecule has 0 aliphatic carbocycles. The van der Waals surface area contributed by atoms with Crippen molar-refractivity contribution in [3.8, 4) is 6.07 Å². The molecule has 0 radical (unpaired) electrons. The van der Waals surface area contributed by atoms with Gasteiger partial charge in [-0.05, 0) is 68.3 Å². The van der Waals surface area contributed by atoms with Crippen LogP contribution in [0.5, 0.6) is 0 Å². The summed E-state index contributed by atoms with van der Waals surface area (Å²) in [5.41, 5.74) is 6.52. The number of pyridine rings is 1. The van der Waals surface area contributed by atoms with E-state index in [1.807, 2.05) is 24.3 Å². The molecule has 0 aliphatic heterocycles. The van der Waals surface area contributed by atoms with Crippen LogP contribution in [0.3, 0.4) is 0 Å². The lowest BCUT2D eigenvalue weighted by molar-refractivity contribution is 0.866. The predicted molar refractivity (Wildman–Crippen MR) is 125 cm³/mol. The van der Waals surface area contributed by atoms with Gasteiger partial charge in [-0.2, -0.15) is 5.26 Å². The summed E-state index contributed by atoms with van der Waals surface area (Å²) >= 11 is 0. The average molecular weight is 398 g/mol. The third-order valence-corrected chi connectivity index (χ3v) is 5.56. The summed E-state index contributed by atoms with van der Waals surface area (Å²) < 4.78 is 2.06. The van der Waals surface area contributed by atoms with Gasteiger partial charge in [-0.25, -0.2) is 4.98 Å². The Morgan fingerprint density at radius 2 is 1.77 bits per heavy atom. The zero-order valence-corrected chi connectivity index (χ0v) is 17.8. The van der Waals surface area contributed by atoms with Crippen LogP contribution in [0.4, 0.5) is 17.2 Å². The van der Waals surface area contributed by atoms with E-state index >= 15 is 0 Å². The number of para-hydroxylation sites is 2. The topological polar surface area (TPSA) is 56.4 Å². The maximum atomic E-state index is 9.85. The molecule has 5 heteroatoms. The number of nitrogens with one attached hydrogen (secondary N) is 1. The number of rotatable bonds is 7. The number of aromatic nitrogens is 2. The summed E-state index contributed by atoms with van der Waals surface area (Å²) in [6, 6.07) is 21.0. The van der Waals surface area contributed by atoms with Gasteiger partial charge < -0.3 is 10.2 Å². The largest absolute Gasteiger partial charge is 0.372 e. The zero-order chi connectivity index (χ0) is 21.1. The number of nitrogens with zero attached hydrogens (tertiary/aromatic N) is 4. The number of anilines is 3. The molecule has 5 nitrogen and oxygen atoms in total. The third kappa shape index (κ3) is 3.46. The van der Waals surface area contributed by atoms with Gasteiger partial charge in [-0.1, -0.05) is 25.5 Å². The molecule has 0 fully saturated rings. The summed E-state index contributed by atoms with van der Waals surface area (Å²) in [6.07, 6.45) is 1.82. The van der Waals surface area contributed by atoms with Crippen molar-refractivity contribution < 1.29 is 0 Å². The zero-order valence-electron chi connectivity index (χ0n) is 17.8. The van der Waals surface area contributed by atoms with Crippen molar-refractivity contribution in [2.24, 2.45) is 0 Å². The molecule has 30 heavy (non-hydrogen) atoms. The Morgan fingerprint density at radius 3 is 2.43 bits per heavy atom. The van der Waals surface area contributed by atoms with Gasteiger partial charge in [0.15, 0.2) is 5.65 Å². The molecule has 0 saturated heterocycles. The highest BCUT2D eigenvalue weighted by molar-refractivity contribution is 5.86. The van der Waals surface area contributed by atoms with Gasteiger partial charge in [0.2, 0.25) is 0 Å². The Hall–Kier alpha value is -3.52. The fourth-order valence-electron chi connectivity index (χ4n) is 4.06. The Morgan fingerprint density at radius 1 is 1.03 bits per heavy atom. The van der Waals surface area contributed by atoms with E-state index in [9.17, 15) is 5.26 Å². The fourth-order valence-corrected chi connectivity index (χ4v) is 4.06. The summed E-state index contributed by atoms with van der Waals surface area (Å²) in [5, 5.41) is 13.4. The lowest BCUT2D eigenvalue weighted by atomic mass is 10.1. The molecule has 0 saturated carbocycles. The molecule has 2 heterocycles. The molecule has 2 aromatic heterocycles. The minimum atomic E-state index is 0.662. The molecule has 0 bridgehead atoms. The maximum absolute atomic E-state index is 9.85. The second kappa shape index (κ2) is 8.46. The lowest BCUT2D eigenvalue weighted by Crippen LogP contribution is -2.21. The van der Waals surface area contributed by atoms with Crippen molar-refractivity contribution >= 4 is 33.9 Å². The Balaban J connectivity index is 1.84. The van der Waals surface area contributed by atoms with Crippen LogP contribution in [0.2, 0.25) is 0 Å². The average Bonchev–Trinajstić information content (AvgIpc) is 3.16. The van der Waals surface area contributed by atoms with E-state index in [1.54, 1.807) is 0 Å². The molecule has 0 aliphatic rings. The van der Waals surface area contributed by atoms with E-state index in [4.69, 9.17) is 4.98 Å². The number of aryl methyl sites for hydroxylation is 1. The molecule has 0 unspecified atom stereocenters. The minimum Gasteiger partial charge on any atom is -0.372 e. The monoisotopic (exact) mass is 397 g/mol. The van der Waals surface area contributed by atoms with E-state index < -0.39 is 0 Å². The number of imidazole rings is 1. The van der Waals surface area contributed by atoms with E-state index in [0.29, 0.717) is 11.2 Å². The fraction of sp³-hybridized carbons (Fsp3) is 0.280. The molecule has 4 rings (SSSR count). The molecule has 152 valence electrons. The van der Waals surface area contributed by atoms with Gasteiger partial charge in [-0.3, -0.25) is 4.40 Å². The summed E-state index contributed by atoms with van der Waals surface area (Å²) in [7, 11) is 0. The molecule has 4 aromatic rings. The smallest absolute Gasteiger partial charge is 0.157 e. The highest BCUT2D eigenvalue weighted by atomic mass is 15.1. The van der Waals surface area contributed by atoms with E-state index in [0.717, 1.165) is 54.0 Å². The van der Waals surface area contributed by atoms with Crippen LogP contribution in [-0.2, 0) is 6.42 Å². The molecule has 2 aromatic carbocycles. The van der Waals surface area contributed by atoms with Crippen molar-refractivity contribution in [1.82, 2.24) is 9.38 Å². The van der Waals surface area contributed by atoms with Gasteiger partial charge in [-0.15, -0.1) is 0 Å². The van der Waals surface area contributed by atoms with Crippen LogP contribution < -0.4 is 10.2 Å². The highest BCUT2D eigenvalue weighted by Crippen LogP contribution is 2.30. The summed E-state index contributed by atoms with van der Waals surface area (Å²) in [6.45, 7) is 8.44. The number of nitriles is 1. The Bertz CT molecular complexity index is 1210. The van der Waals surface area contributed by atoms with Gasteiger partial charge in [0.05, 0.1) is 16.6 Å². The van der Waals surface area contributed by atoms with Gasteiger partial charge in [0.1, 0.15) is 11.9 Å². The maximum Gasteiger partial charge on any atom is 0.157 e. The van der Waals surface area contributed by atoms with Crippen LogP contribution >= 0.6 is 0 Å². The molecular weight excluding hydrogens is 370 g/mol. The standard InChI is InChI=1S/C25H27N5/c1-4-9-18-16-24(27-19-12-14-20(15-13-19)29(5-2)6-3)30-23-11-8-7-10-22(23)28-25(30)21(18)17-26/h7-8,10-16,27H,4-6,9H2,1-3H3. The van der Waals surface area contributed by atoms with Crippen molar-refractivity contribution in [1.29, 1.82) is 5.26 Å². The molecule has 0 atom stereocenters. The van der Waals surface area contributed by atoms with Gasteiger partial charge in [0.25, 0.3) is 0 Å². The van der Waals surface area contributed by atoms with Gasteiger partial charge in [0, 0.05) is 24.5 Å². The second-order valence-electron chi connectivity index (χ2n) is 7.40. The van der Waals surface area contributed by atoms with E-state index in [1.165, 1.54) is 5.69 Å². The van der Waals surface area contributed by atoms with Crippen LogP contribution in [0.15, 0.2) is 54.6 Å².